The van der Waals surface area contributed by atoms with Crippen LogP contribution in [0.3, 0.4) is 0 Å². The quantitative estimate of drug-likeness (QED) is 0.445. The van der Waals surface area contributed by atoms with Crippen molar-refractivity contribution >= 4 is 39.7 Å². The van der Waals surface area contributed by atoms with Crippen LogP contribution in [0.15, 0.2) is 42.6 Å². The van der Waals surface area contributed by atoms with Crippen LogP contribution in [0.5, 0.6) is 0 Å². The van der Waals surface area contributed by atoms with Gasteiger partial charge in [-0.1, -0.05) is 11.6 Å². The summed E-state index contributed by atoms with van der Waals surface area (Å²) in [5.41, 5.74) is 0.866. The summed E-state index contributed by atoms with van der Waals surface area (Å²) >= 11 is 6.14. The van der Waals surface area contributed by atoms with Crippen LogP contribution in [0, 0.1) is 0 Å². The predicted octanol–water partition coefficient (Wildman–Crippen LogP) is 5.97. The zero-order chi connectivity index (χ0) is 24.4. The molecule has 1 aliphatic carbocycles. The molecule has 0 spiro atoms. The summed E-state index contributed by atoms with van der Waals surface area (Å²) in [5, 5.41) is 7.94. The predicted molar refractivity (Wildman–Crippen MR) is 132 cm³/mol. The third-order valence-electron chi connectivity index (χ3n) is 6.57. The molecule has 2 aliphatic rings. The molecule has 6 nitrogen and oxygen atoms in total. The number of hydrogen-bond donors (Lipinski definition) is 2. The number of anilines is 3. The van der Waals surface area contributed by atoms with Crippen LogP contribution >= 0.6 is 11.6 Å². The molecular formula is C25H27ClF3N5O. The lowest BCUT2D eigenvalue weighted by molar-refractivity contribution is -0.140. The summed E-state index contributed by atoms with van der Waals surface area (Å²) in [6, 6.07) is 10.0. The fourth-order valence-corrected chi connectivity index (χ4v) is 5.03. The Hall–Kier alpha value is -2.78. The van der Waals surface area contributed by atoms with Crippen LogP contribution in [0.25, 0.3) is 10.9 Å². The normalized spacial score (nSPS) is 21.2. The highest BCUT2D eigenvalue weighted by molar-refractivity contribution is 6.31. The highest BCUT2D eigenvalue weighted by atomic mass is 35.5. The van der Waals surface area contributed by atoms with Crippen molar-refractivity contribution in [3.63, 3.8) is 0 Å². The van der Waals surface area contributed by atoms with Gasteiger partial charge in [-0.05, 0) is 56.0 Å². The van der Waals surface area contributed by atoms with Gasteiger partial charge < -0.3 is 20.3 Å². The number of nitrogens with one attached hydrogen (secondary N) is 2. The second kappa shape index (κ2) is 10.1. The number of fused-ring (bicyclic) bond motifs is 1. The van der Waals surface area contributed by atoms with E-state index < -0.39 is 11.9 Å². The Labute approximate surface area is 206 Å². The third-order valence-corrected chi connectivity index (χ3v) is 6.80. The first-order chi connectivity index (χ1) is 16.8. The maximum Gasteiger partial charge on any atom is 0.433 e. The van der Waals surface area contributed by atoms with Crippen molar-refractivity contribution in [3.05, 3.63) is 53.3 Å². The van der Waals surface area contributed by atoms with Gasteiger partial charge in [0.1, 0.15) is 11.5 Å². The minimum Gasteiger partial charge on any atom is -0.382 e. The number of pyridine rings is 2. The molecule has 0 amide bonds. The molecule has 2 atom stereocenters. The number of aromatic nitrogens is 2. The molecule has 1 saturated carbocycles. The topological polar surface area (TPSA) is 62.3 Å². The number of morpholine rings is 1. The Morgan fingerprint density at radius 2 is 1.77 bits per heavy atom. The van der Waals surface area contributed by atoms with Gasteiger partial charge in [0.2, 0.25) is 0 Å². The Bertz CT molecular complexity index is 1190. The number of alkyl halides is 3. The third kappa shape index (κ3) is 5.73. The minimum atomic E-state index is -4.53. The number of nitrogens with zero attached hydrogens (tertiary/aromatic N) is 3. The average molecular weight is 506 g/mol. The van der Waals surface area contributed by atoms with Gasteiger partial charge in [-0.3, -0.25) is 0 Å². The van der Waals surface area contributed by atoms with Crippen molar-refractivity contribution < 1.29 is 17.9 Å². The van der Waals surface area contributed by atoms with Gasteiger partial charge in [0.15, 0.2) is 0 Å². The number of benzene rings is 1. The Balaban J connectivity index is 1.32. The number of hydrogen-bond acceptors (Lipinski definition) is 6. The van der Waals surface area contributed by atoms with Crippen molar-refractivity contribution in [2.75, 3.05) is 41.8 Å². The monoisotopic (exact) mass is 505 g/mol. The Morgan fingerprint density at radius 3 is 2.54 bits per heavy atom. The lowest BCUT2D eigenvalue weighted by atomic mass is 9.90. The zero-order valence-corrected chi connectivity index (χ0v) is 19.9. The van der Waals surface area contributed by atoms with E-state index in [0.717, 1.165) is 56.3 Å². The van der Waals surface area contributed by atoms with Gasteiger partial charge >= 0.3 is 6.18 Å². The first-order valence-electron chi connectivity index (χ1n) is 11.8. The van der Waals surface area contributed by atoms with Crippen molar-refractivity contribution in [2.45, 2.75) is 43.9 Å². The second-order valence-corrected chi connectivity index (χ2v) is 9.50. The fourth-order valence-electron chi connectivity index (χ4n) is 4.86. The molecular weight excluding hydrogens is 479 g/mol. The summed E-state index contributed by atoms with van der Waals surface area (Å²) in [6.07, 6.45) is 0.822. The van der Waals surface area contributed by atoms with Gasteiger partial charge in [0.05, 0.1) is 18.7 Å². The standard InChI is InChI=1S/C25H27ClF3N5O/c26-16-4-5-21-20(12-16)22(15-23(33-21)25(27,28)29)31-17-2-1-3-18(13-17)32-24-14-19(6-7-30-24)34-8-10-35-11-9-34/h4-7,12,14-15,17-18H,1-3,8-11,13H2,(H,30,32)(H,31,33)/t17-,18+/m0/s1. The molecule has 2 aromatic heterocycles. The molecule has 0 bridgehead atoms. The largest absolute Gasteiger partial charge is 0.433 e. The lowest BCUT2D eigenvalue weighted by Gasteiger charge is -2.32. The van der Waals surface area contributed by atoms with E-state index in [1.807, 2.05) is 6.07 Å². The molecule has 1 aliphatic heterocycles. The maximum atomic E-state index is 13.5. The molecule has 2 N–H and O–H groups in total. The minimum absolute atomic E-state index is 0.00865. The van der Waals surface area contributed by atoms with Crippen LogP contribution in [0.1, 0.15) is 31.4 Å². The highest BCUT2D eigenvalue weighted by Gasteiger charge is 2.34. The first-order valence-corrected chi connectivity index (χ1v) is 12.2. The maximum absolute atomic E-state index is 13.5. The number of rotatable bonds is 5. The Kier molecular flexibility index (Phi) is 6.88. The molecule has 186 valence electrons. The summed E-state index contributed by atoms with van der Waals surface area (Å²) in [6.45, 7) is 3.13. The van der Waals surface area contributed by atoms with Gasteiger partial charge in [0.25, 0.3) is 0 Å². The molecule has 1 saturated heterocycles. The van der Waals surface area contributed by atoms with E-state index in [1.165, 1.54) is 6.07 Å². The molecule has 1 aromatic carbocycles. The second-order valence-electron chi connectivity index (χ2n) is 9.06. The van der Waals surface area contributed by atoms with Crippen molar-refractivity contribution in [3.8, 4) is 0 Å². The van der Waals surface area contributed by atoms with Gasteiger partial charge in [-0.15, -0.1) is 0 Å². The number of ether oxygens (including phenoxy) is 1. The van der Waals surface area contributed by atoms with Crippen LogP contribution in [0.2, 0.25) is 5.02 Å². The van der Waals surface area contributed by atoms with Crippen LogP contribution in [-0.4, -0.2) is 48.4 Å². The van der Waals surface area contributed by atoms with E-state index in [4.69, 9.17) is 16.3 Å². The van der Waals surface area contributed by atoms with Gasteiger partial charge in [0, 0.05) is 59.2 Å². The highest BCUT2D eigenvalue weighted by Crippen LogP contribution is 2.35. The molecule has 5 rings (SSSR count). The summed E-state index contributed by atoms with van der Waals surface area (Å²) in [5.74, 6) is 0.806. The molecule has 0 unspecified atom stereocenters. The van der Waals surface area contributed by atoms with Crippen LogP contribution in [0.4, 0.5) is 30.4 Å². The van der Waals surface area contributed by atoms with E-state index in [2.05, 4.69) is 31.6 Å². The van der Waals surface area contributed by atoms with E-state index >= 15 is 0 Å². The summed E-state index contributed by atoms with van der Waals surface area (Å²) in [7, 11) is 0. The lowest BCUT2D eigenvalue weighted by Crippen LogP contribution is -2.36. The van der Waals surface area contributed by atoms with Crippen LogP contribution < -0.4 is 15.5 Å². The molecule has 35 heavy (non-hydrogen) atoms. The molecule has 0 radical (unpaired) electrons. The number of halogens is 4. The van der Waals surface area contributed by atoms with E-state index in [-0.39, 0.29) is 17.6 Å². The SMILES string of the molecule is FC(F)(F)c1cc(N[C@H]2CCC[C@@H](Nc3cc(N4CCOCC4)ccn3)C2)c2cc(Cl)ccc2n1. The average Bonchev–Trinajstić information content (AvgIpc) is 2.84. The van der Waals surface area contributed by atoms with Gasteiger partial charge in [-0.2, -0.15) is 13.2 Å². The molecule has 10 heteroatoms. The molecule has 3 aromatic rings. The first kappa shape index (κ1) is 23.9. The smallest absolute Gasteiger partial charge is 0.382 e. The van der Waals surface area contributed by atoms with Crippen LogP contribution in [-0.2, 0) is 10.9 Å². The summed E-state index contributed by atoms with van der Waals surface area (Å²) < 4.78 is 45.9. The van der Waals surface area contributed by atoms with E-state index in [0.29, 0.717) is 29.3 Å². The Morgan fingerprint density at radius 1 is 1.00 bits per heavy atom. The summed E-state index contributed by atoms with van der Waals surface area (Å²) in [4.78, 5) is 10.6. The van der Waals surface area contributed by atoms with Gasteiger partial charge in [-0.25, -0.2) is 9.97 Å². The van der Waals surface area contributed by atoms with Crippen molar-refractivity contribution in [2.24, 2.45) is 0 Å². The van der Waals surface area contributed by atoms with E-state index in [9.17, 15) is 13.2 Å². The molecule has 3 heterocycles. The fraction of sp³-hybridized carbons (Fsp3) is 0.440. The molecule has 2 fully saturated rings. The van der Waals surface area contributed by atoms with Crippen molar-refractivity contribution in [1.82, 2.24) is 9.97 Å². The van der Waals surface area contributed by atoms with E-state index in [1.54, 1.807) is 18.3 Å². The van der Waals surface area contributed by atoms with Crippen molar-refractivity contribution in [1.29, 1.82) is 0 Å². The zero-order valence-electron chi connectivity index (χ0n) is 19.1.